The number of nitrogens with two attached hydrogens (primary N) is 1. The third-order valence-corrected chi connectivity index (χ3v) is 2.79. The predicted octanol–water partition coefficient (Wildman–Crippen LogP) is 0.513. The zero-order valence-electron chi connectivity index (χ0n) is 11.4. The van der Waals surface area contributed by atoms with Gasteiger partial charge in [0.2, 0.25) is 0 Å². The zero-order valence-corrected chi connectivity index (χ0v) is 11.4. The first-order chi connectivity index (χ1) is 9.23. The Morgan fingerprint density at radius 1 is 1.05 bits per heavy atom. The van der Waals surface area contributed by atoms with Gasteiger partial charge in [0, 0.05) is 13.7 Å². The van der Waals surface area contributed by atoms with Gasteiger partial charge in [0.05, 0.1) is 33.0 Å². The Kier molecular flexibility index (Phi) is 7.62. The van der Waals surface area contributed by atoms with Crippen molar-refractivity contribution in [2.24, 2.45) is 5.73 Å². The Morgan fingerprint density at radius 2 is 1.68 bits per heavy atom. The molecular weight excluding hydrogens is 246 g/mol. The molecule has 0 aliphatic rings. The van der Waals surface area contributed by atoms with Crippen molar-refractivity contribution >= 4 is 0 Å². The van der Waals surface area contributed by atoms with E-state index in [1.54, 1.807) is 7.11 Å². The summed E-state index contributed by atoms with van der Waals surface area (Å²) in [5.74, 6) is 0. The van der Waals surface area contributed by atoms with Crippen molar-refractivity contribution < 1.29 is 19.3 Å². The number of ether oxygens (including phenoxy) is 3. The third-order valence-electron chi connectivity index (χ3n) is 2.79. The van der Waals surface area contributed by atoms with Crippen molar-refractivity contribution in [2.75, 3.05) is 46.7 Å². The maximum absolute atomic E-state index is 10.4. The summed E-state index contributed by atoms with van der Waals surface area (Å²) in [6.07, 6.45) is 0. The Labute approximate surface area is 114 Å². The van der Waals surface area contributed by atoms with Gasteiger partial charge in [-0.1, -0.05) is 30.3 Å². The summed E-state index contributed by atoms with van der Waals surface area (Å²) >= 11 is 0. The van der Waals surface area contributed by atoms with E-state index in [0.29, 0.717) is 26.4 Å². The Hall–Kier alpha value is -0.980. The largest absolute Gasteiger partial charge is 0.382 e. The topological polar surface area (TPSA) is 73.9 Å². The summed E-state index contributed by atoms with van der Waals surface area (Å²) in [5, 5.41) is 10.4. The second-order valence-electron chi connectivity index (χ2n) is 4.26. The Bertz CT molecular complexity index is 333. The smallest absolute Gasteiger partial charge is 0.125 e. The first-order valence-electron chi connectivity index (χ1n) is 6.35. The summed E-state index contributed by atoms with van der Waals surface area (Å²) in [7, 11) is 1.63. The van der Waals surface area contributed by atoms with Crippen molar-refractivity contribution in [1.29, 1.82) is 0 Å². The van der Waals surface area contributed by atoms with E-state index < -0.39 is 5.60 Å². The molecule has 0 bridgehead atoms. The van der Waals surface area contributed by atoms with Crippen LogP contribution in [0.25, 0.3) is 0 Å². The van der Waals surface area contributed by atoms with Crippen LogP contribution in [0.15, 0.2) is 30.3 Å². The maximum atomic E-state index is 10.4. The first kappa shape index (κ1) is 16.1. The number of rotatable bonds is 10. The average Bonchev–Trinajstić information content (AvgIpc) is 2.47. The fourth-order valence-corrected chi connectivity index (χ4v) is 1.61. The van der Waals surface area contributed by atoms with Gasteiger partial charge in [0.15, 0.2) is 0 Å². The van der Waals surface area contributed by atoms with Gasteiger partial charge in [-0.05, 0) is 5.56 Å². The highest BCUT2D eigenvalue weighted by Crippen LogP contribution is 2.19. The molecule has 0 spiro atoms. The molecule has 1 atom stereocenters. The number of methoxy groups -OCH3 is 1. The van der Waals surface area contributed by atoms with Crippen LogP contribution in [0, 0.1) is 0 Å². The van der Waals surface area contributed by atoms with E-state index in [1.165, 1.54) is 0 Å². The molecule has 0 radical (unpaired) electrons. The lowest BCUT2D eigenvalue weighted by Gasteiger charge is -2.26. The molecule has 1 unspecified atom stereocenters. The van der Waals surface area contributed by atoms with Crippen molar-refractivity contribution in [2.45, 2.75) is 5.60 Å². The third kappa shape index (κ3) is 5.67. The minimum Gasteiger partial charge on any atom is -0.382 e. The zero-order chi connectivity index (χ0) is 14.0. The van der Waals surface area contributed by atoms with Crippen molar-refractivity contribution in [3.8, 4) is 0 Å². The highest BCUT2D eigenvalue weighted by atomic mass is 16.5. The lowest BCUT2D eigenvalue weighted by molar-refractivity contribution is -0.0591. The van der Waals surface area contributed by atoms with E-state index in [9.17, 15) is 5.11 Å². The number of benzene rings is 1. The molecule has 0 saturated heterocycles. The molecular formula is C14H23NO4. The summed E-state index contributed by atoms with van der Waals surface area (Å²) in [5.41, 5.74) is 5.26. The molecule has 1 rings (SSSR count). The van der Waals surface area contributed by atoms with Crippen molar-refractivity contribution in [3.63, 3.8) is 0 Å². The van der Waals surface area contributed by atoms with Crippen molar-refractivity contribution in [1.82, 2.24) is 0 Å². The highest BCUT2D eigenvalue weighted by molar-refractivity contribution is 5.22. The van der Waals surface area contributed by atoms with E-state index >= 15 is 0 Å². The molecule has 1 aromatic rings. The number of hydrogen-bond donors (Lipinski definition) is 2. The van der Waals surface area contributed by atoms with Gasteiger partial charge >= 0.3 is 0 Å². The lowest BCUT2D eigenvalue weighted by Crippen LogP contribution is -2.39. The van der Waals surface area contributed by atoms with Gasteiger partial charge in [-0.15, -0.1) is 0 Å². The Morgan fingerprint density at radius 3 is 2.32 bits per heavy atom. The minimum atomic E-state index is -1.15. The lowest BCUT2D eigenvalue weighted by atomic mass is 9.95. The van der Waals surface area contributed by atoms with Crippen molar-refractivity contribution in [3.05, 3.63) is 35.9 Å². The van der Waals surface area contributed by atoms with Crippen LogP contribution >= 0.6 is 0 Å². The van der Waals surface area contributed by atoms with Gasteiger partial charge in [0.1, 0.15) is 5.60 Å². The van der Waals surface area contributed by atoms with E-state index in [4.69, 9.17) is 19.9 Å². The highest BCUT2D eigenvalue weighted by Gasteiger charge is 2.27. The van der Waals surface area contributed by atoms with E-state index in [2.05, 4.69) is 0 Å². The molecule has 19 heavy (non-hydrogen) atoms. The van der Waals surface area contributed by atoms with E-state index in [0.717, 1.165) is 5.56 Å². The molecule has 0 aromatic heterocycles. The molecule has 108 valence electrons. The second kappa shape index (κ2) is 9.01. The van der Waals surface area contributed by atoms with Gasteiger partial charge in [-0.2, -0.15) is 0 Å². The summed E-state index contributed by atoms with van der Waals surface area (Å²) < 4.78 is 15.5. The molecule has 0 saturated carbocycles. The average molecular weight is 269 g/mol. The molecule has 1 aromatic carbocycles. The van der Waals surface area contributed by atoms with E-state index in [-0.39, 0.29) is 13.2 Å². The fourth-order valence-electron chi connectivity index (χ4n) is 1.61. The predicted molar refractivity (Wildman–Crippen MR) is 72.9 cm³/mol. The van der Waals surface area contributed by atoms with Crippen LogP contribution in [0.1, 0.15) is 5.56 Å². The normalized spacial score (nSPS) is 14.3. The molecule has 0 aliphatic carbocycles. The monoisotopic (exact) mass is 269 g/mol. The fraction of sp³-hybridized carbons (Fsp3) is 0.571. The van der Waals surface area contributed by atoms with Crippen LogP contribution in [0.2, 0.25) is 0 Å². The van der Waals surface area contributed by atoms with Gasteiger partial charge < -0.3 is 25.1 Å². The summed E-state index contributed by atoms with van der Waals surface area (Å²) in [6, 6.07) is 9.30. The van der Waals surface area contributed by atoms with Gasteiger partial charge in [0.25, 0.3) is 0 Å². The van der Waals surface area contributed by atoms with Gasteiger partial charge in [-0.3, -0.25) is 0 Å². The summed E-state index contributed by atoms with van der Waals surface area (Å²) in [6.45, 7) is 2.26. The quantitative estimate of drug-likeness (QED) is 0.606. The molecule has 5 heteroatoms. The molecule has 0 heterocycles. The molecule has 0 fully saturated rings. The van der Waals surface area contributed by atoms with Gasteiger partial charge in [-0.25, -0.2) is 0 Å². The maximum Gasteiger partial charge on any atom is 0.125 e. The standard InChI is InChI=1S/C14H23NO4/c1-17-7-8-18-9-10-19-12-14(16,11-15)13-5-3-2-4-6-13/h2-6,16H,7-12,15H2,1H3. The molecule has 0 aliphatic heterocycles. The van der Waals surface area contributed by atoms with Crippen LogP contribution in [-0.2, 0) is 19.8 Å². The van der Waals surface area contributed by atoms with Crippen LogP contribution in [0.5, 0.6) is 0 Å². The van der Waals surface area contributed by atoms with Crippen LogP contribution < -0.4 is 5.73 Å². The second-order valence-corrected chi connectivity index (χ2v) is 4.26. The number of hydrogen-bond acceptors (Lipinski definition) is 5. The molecule has 3 N–H and O–H groups in total. The Balaban J connectivity index is 2.29. The minimum absolute atomic E-state index is 0.113. The SMILES string of the molecule is COCCOCCOCC(O)(CN)c1ccccc1. The number of aliphatic hydroxyl groups is 1. The molecule has 5 nitrogen and oxygen atoms in total. The van der Waals surface area contributed by atoms with Crippen LogP contribution in [0.4, 0.5) is 0 Å². The van der Waals surface area contributed by atoms with Crippen LogP contribution in [-0.4, -0.2) is 51.8 Å². The van der Waals surface area contributed by atoms with Crippen LogP contribution in [0.3, 0.4) is 0 Å². The molecule has 0 amide bonds. The summed E-state index contributed by atoms with van der Waals surface area (Å²) in [4.78, 5) is 0. The van der Waals surface area contributed by atoms with E-state index in [1.807, 2.05) is 30.3 Å². The first-order valence-corrected chi connectivity index (χ1v) is 6.35.